The summed E-state index contributed by atoms with van der Waals surface area (Å²) in [5.74, 6) is 1.13. The largest absolute Gasteiger partial charge is 0.493 e. The van der Waals surface area contributed by atoms with E-state index in [0.29, 0.717) is 13.0 Å². The van der Waals surface area contributed by atoms with Gasteiger partial charge >= 0.3 is 0 Å². The molecule has 3 nitrogen and oxygen atoms in total. The van der Waals surface area contributed by atoms with Crippen LogP contribution in [0.2, 0.25) is 0 Å². The van der Waals surface area contributed by atoms with Gasteiger partial charge in [-0.15, -0.1) is 0 Å². The molecule has 1 amide bonds. The van der Waals surface area contributed by atoms with Crippen LogP contribution in [0.25, 0.3) is 0 Å². The van der Waals surface area contributed by atoms with Crippen LogP contribution in [0, 0.1) is 20.8 Å². The van der Waals surface area contributed by atoms with Crippen molar-refractivity contribution in [1.29, 1.82) is 0 Å². The minimum Gasteiger partial charge on any atom is -0.493 e. The highest BCUT2D eigenvalue weighted by molar-refractivity contribution is 5.94. The van der Waals surface area contributed by atoms with Crippen molar-refractivity contribution in [1.82, 2.24) is 0 Å². The SMILES string of the molecule is Cc1cccc(OCCCC(=O)N2CCCc3c(C)cccc32)c1C. The molecule has 0 saturated carbocycles. The molecule has 3 rings (SSSR count). The predicted octanol–water partition coefficient (Wildman–Crippen LogP) is 4.75. The smallest absolute Gasteiger partial charge is 0.227 e. The summed E-state index contributed by atoms with van der Waals surface area (Å²) in [4.78, 5) is 14.6. The molecule has 0 radical (unpaired) electrons. The van der Waals surface area contributed by atoms with Crippen molar-refractivity contribution in [2.24, 2.45) is 0 Å². The van der Waals surface area contributed by atoms with E-state index in [2.05, 4.69) is 39.0 Å². The first kappa shape index (κ1) is 17.5. The van der Waals surface area contributed by atoms with Crippen molar-refractivity contribution in [3.8, 4) is 5.75 Å². The van der Waals surface area contributed by atoms with Gasteiger partial charge in [-0.3, -0.25) is 4.79 Å². The first-order valence-corrected chi connectivity index (χ1v) is 9.16. The highest BCUT2D eigenvalue weighted by Gasteiger charge is 2.22. The lowest BCUT2D eigenvalue weighted by molar-refractivity contribution is -0.118. The normalized spacial score (nSPS) is 13.5. The Labute approximate surface area is 150 Å². The summed E-state index contributed by atoms with van der Waals surface area (Å²) in [6.45, 7) is 7.69. The molecule has 3 heteroatoms. The monoisotopic (exact) mass is 337 g/mol. The zero-order valence-corrected chi connectivity index (χ0v) is 15.5. The molecule has 132 valence electrons. The Morgan fingerprint density at radius 2 is 1.84 bits per heavy atom. The summed E-state index contributed by atoms with van der Waals surface area (Å²) in [5.41, 5.74) is 6.12. The van der Waals surface area contributed by atoms with Crippen molar-refractivity contribution in [3.63, 3.8) is 0 Å². The molecule has 25 heavy (non-hydrogen) atoms. The third-order valence-electron chi connectivity index (χ3n) is 5.13. The number of amides is 1. The van der Waals surface area contributed by atoms with E-state index in [0.717, 1.165) is 37.2 Å². The summed E-state index contributed by atoms with van der Waals surface area (Å²) >= 11 is 0. The van der Waals surface area contributed by atoms with E-state index < -0.39 is 0 Å². The Morgan fingerprint density at radius 1 is 1.08 bits per heavy atom. The van der Waals surface area contributed by atoms with E-state index in [-0.39, 0.29) is 5.91 Å². The van der Waals surface area contributed by atoms with Crippen LogP contribution in [0.5, 0.6) is 5.75 Å². The summed E-state index contributed by atoms with van der Waals surface area (Å²) in [5, 5.41) is 0. The molecule has 0 N–H and O–H groups in total. The van der Waals surface area contributed by atoms with Gasteiger partial charge in [-0.1, -0.05) is 24.3 Å². The zero-order chi connectivity index (χ0) is 17.8. The number of rotatable bonds is 5. The maximum atomic E-state index is 12.7. The molecule has 2 aromatic rings. The Kier molecular flexibility index (Phi) is 5.42. The molecule has 1 heterocycles. The van der Waals surface area contributed by atoms with Crippen molar-refractivity contribution in [3.05, 3.63) is 58.7 Å². The fraction of sp³-hybridized carbons (Fsp3) is 0.409. The van der Waals surface area contributed by atoms with Gasteiger partial charge in [0.15, 0.2) is 0 Å². The van der Waals surface area contributed by atoms with Crippen LogP contribution in [0.15, 0.2) is 36.4 Å². The van der Waals surface area contributed by atoms with E-state index in [1.807, 2.05) is 23.1 Å². The van der Waals surface area contributed by atoms with Gasteiger partial charge in [-0.05, 0) is 74.4 Å². The van der Waals surface area contributed by atoms with Crippen molar-refractivity contribution >= 4 is 11.6 Å². The number of hydrogen-bond acceptors (Lipinski definition) is 2. The number of fused-ring (bicyclic) bond motifs is 1. The van der Waals surface area contributed by atoms with Crippen LogP contribution >= 0.6 is 0 Å². The van der Waals surface area contributed by atoms with Crippen molar-refractivity contribution < 1.29 is 9.53 Å². The zero-order valence-electron chi connectivity index (χ0n) is 15.5. The van der Waals surface area contributed by atoms with Crippen LogP contribution in [-0.2, 0) is 11.2 Å². The summed E-state index contributed by atoms with van der Waals surface area (Å²) in [6, 6.07) is 12.3. The van der Waals surface area contributed by atoms with Gasteiger partial charge in [0.2, 0.25) is 5.91 Å². The first-order valence-electron chi connectivity index (χ1n) is 9.16. The first-order chi connectivity index (χ1) is 12.1. The lowest BCUT2D eigenvalue weighted by Gasteiger charge is -2.30. The second kappa shape index (κ2) is 7.73. The van der Waals surface area contributed by atoms with Gasteiger partial charge < -0.3 is 9.64 Å². The standard InChI is InChI=1S/C22H27NO2/c1-16-8-5-12-21(18(16)3)25-15-7-13-22(24)23-14-6-10-19-17(2)9-4-11-20(19)23/h4-5,8-9,11-12H,6-7,10,13-15H2,1-3H3. The van der Waals surface area contributed by atoms with E-state index >= 15 is 0 Å². The Morgan fingerprint density at radius 3 is 2.68 bits per heavy atom. The molecule has 2 aromatic carbocycles. The third kappa shape index (κ3) is 3.87. The van der Waals surface area contributed by atoms with Crippen LogP contribution in [0.4, 0.5) is 5.69 Å². The molecule has 0 aliphatic carbocycles. The maximum Gasteiger partial charge on any atom is 0.227 e. The number of aryl methyl sites for hydroxylation is 2. The van der Waals surface area contributed by atoms with Crippen molar-refractivity contribution in [2.75, 3.05) is 18.1 Å². The second-order valence-corrected chi connectivity index (χ2v) is 6.87. The second-order valence-electron chi connectivity index (χ2n) is 6.87. The minimum atomic E-state index is 0.205. The van der Waals surface area contributed by atoms with Crippen LogP contribution in [0.1, 0.15) is 41.5 Å². The van der Waals surface area contributed by atoms with E-state index in [1.165, 1.54) is 22.3 Å². The molecule has 0 bridgehead atoms. The van der Waals surface area contributed by atoms with E-state index in [1.54, 1.807) is 0 Å². The lowest BCUT2D eigenvalue weighted by Crippen LogP contribution is -2.35. The Hall–Kier alpha value is -2.29. The molecular formula is C22H27NO2. The summed E-state index contributed by atoms with van der Waals surface area (Å²) < 4.78 is 5.87. The molecular weight excluding hydrogens is 310 g/mol. The molecule has 0 aromatic heterocycles. The van der Waals surface area contributed by atoms with Crippen LogP contribution < -0.4 is 9.64 Å². The van der Waals surface area contributed by atoms with Gasteiger partial charge in [0.1, 0.15) is 5.75 Å². The molecule has 1 aliphatic heterocycles. The van der Waals surface area contributed by atoms with Crippen LogP contribution in [0.3, 0.4) is 0 Å². The molecule has 0 spiro atoms. The number of carbonyl (C=O) groups is 1. The minimum absolute atomic E-state index is 0.205. The average molecular weight is 337 g/mol. The van der Waals surface area contributed by atoms with Gasteiger partial charge in [0.25, 0.3) is 0 Å². The molecule has 0 fully saturated rings. The van der Waals surface area contributed by atoms with Crippen molar-refractivity contribution in [2.45, 2.75) is 46.5 Å². The molecule has 0 saturated heterocycles. The highest BCUT2D eigenvalue weighted by Crippen LogP contribution is 2.30. The third-order valence-corrected chi connectivity index (χ3v) is 5.13. The highest BCUT2D eigenvalue weighted by atomic mass is 16.5. The van der Waals surface area contributed by atoms with Gasteiger partial charge in [0.05, 0.1) is 6.61 Å². The number of carbonyl (C=O) groups excluding carboxylic acids is 1. The van der Waals surface area contributed by atoms with E-state index in [9.17, 15) is 4.79 Å². The number of hydrogen-bond donors (Lipinski definition) is 0. The quantitative estimate of drug-likeness (QED) is 0.737. The van der Waals surface area contributed by atoms with Crippen LogP contribution in [-0.4, -0.2) is 19.1 Å². The maximum absolute atomic E-state index is 12.7. The summed E-state index contributed by atoms with van der Waals surface area (Å²) in [6.07, 6.45) is 3.38. The summed E-state index contributed by atoms with van der Waals surface area (Å²) in [7, 11) is 0. The van der Waals surface area contributed by atoms with Gasteiger partial charge in [-0.25, -0.2) is 0 Å². The van der Waals surface area contributed by atoms with Gasteiger partial charge in [0, 0.05) is 18.7 Å². The number of anilines is 1. The fourth-order valence-corrected chi connectivity index (χ4v) is 3.48. The Balaban J connectivity index is 1.56. The Bertz CT molecular complexity index is 767. The molecule has 0 unspecified atom stereocenters. The number of nitrogens with zero attached hydrogens (tertiary/aromatic N) is 1. The van der Waals surface area contributed by atoms with E-state index in [4.69, 9.17) is 4.74 Å². The molecule has 0 atom stereocenters. The number of benzene rings is 2. The fourth-order valence-electron chi connectivity index (χ4n) is 3.48. The predicted molar refractivity (Wildman–Crippen MR) is 102 cm³/mol. The van der Waals surface area contributed by atoms with Gasteiger partial charge in [-0.2, -0.15) is 0 Å². The number of ether oxygens (including phenoxy) is 1. The topological polar surface area (TPSA) is 29.5 Å². The molecule has 1 aliphatic rings. The average Bonchev–Trinajstić information content (AvgIpc) is 2.62. The lowest BCUT2D eigenvalue weighted by atomic mass is 9.97.